The van der Waals surface area contributed by atoms with Crippen LogP contribution in [0.1, 0.15) is 18.4 Å². The number of nitrogens with zero attached hydrogens (tertiary/aromatic N) is 1. The van der Waals surface area contributed by atoms with E-state index >= 15 is 0 Å². The summed E-state index contributed by atoms with van der Waals surface area (Å²) in [5.41, 5.74) is 3.09. The molecule has 0 aliphatic carbocycles. The van der Waals surface area contributed by atoms with E-state index in [0.717, 1.165) is 12.8 Å². The van der Waals surface area contributed by atoms with Crippen LogP contribution < -0.4 is 25.5 Å². The summed E-state index contributed by atoms with van der Waals surface area (Å²) in [7, 11) is 1.44. The van der Waals surface area contributed by atoms with Gasteiger partial charge in [0.05, 0.1) is 35.2 Å². The zero-order chi connectivity index (χ0) is 25.2. The number of nitrogens with one attached hydrogen (secondary N) is 3. The largest absolute Gasteiger partial charge is 0.493 e. The molecule has 0 unspecified atom stereocenters. The Labute approximate surface area is 211 Å². The Morgan fingerprint density at radius 2 is 2.00 bits per heavy atom. The normalized spacial score (nSPS) is 15.0. The van der Waals surface area contributed by atoms with Crippen LogP contribution in [0.15, 0.2) is 41.5 Å². The van der Waals surface area contributed by atoms with E-state index in [1.165, 1.54) is 13.3 Å². The molecule has 1 saturated heterocycles. The number of hydrazone groups is 1. The first kappa shape index (κ1) is 26.3. The Balaban J connectivity index is 1.49. The van der Waals surface area contributed by atoms with E-state index in [-0.39, 0.29) is 24.3 Å². The van der Waals surface area contributed by atoms with Crippen molar-refractivity contribution in [2.24, 2.45) is 5.10 Å². The molecule has 10 nitrogen and oxygen atoms in total. The standard InChI is InChI=1S/C23H24Cl2N4O6/c1-33-19-10-14(11-27-29-23(32)22(31)26-12-15-4-3-9-34-15)7-8-18(19)35-13-20(30)28-17-6-2-5-16(24)21(17)25/h2,5-8,10-11,15H,3-4,9,12-13H2,1H3,(H,26,31)(H,28,30)(H,29,32)/b27-11-/t15-/m1/s1. The average molecular weight is 523 g/mol. The zero-order valence-corrected chi connectivity index (χ0v) is 20.3. The number of carbonyl (C=O) groups excluding carboxylic acids is 3. The second-order valence-electron chi connectivity index (χ2n) is 7.39. The Kier molecular flexibility index (Phi) is 9.71. The molecule has 0 spiro atoms. The van der Waals surface area contributed by atoms with Crippen LogP contribution >= 0.6 is 23.2 Å². The third kappa shape index (κ3) is 7.84. The van der Waals surface area contributed by atoms with Crippen LogP contribution in [-0.2, 0) is 19.1 Å². The number of carbonyl (C=O) groups is 3. The first-order chi connectivity index (χ1) is 16.9. The van der Waals surface area contributed by atoms with Crippen LogP contribution in [0.3, 0.4) is 0 Å². The maximum atomic E-state index is 12.2. The van der Waals surface area contributed by atoms with Crippen molar-refractivity contribution in [2.45, 2.75) is 18.9 Å². The Morgan fingerprint density at radius 3 is 2.74 bits per heavy atom. The Bertz CT molecular complexity index is 1110. The molecule has 1 fully saturated rings. The fraction of sp³-hybridized carbons (Fsp3) is 0.304. The van der Waals surface area contributed by atoms with Crippen molar-refractivity contribution in [2.75, 3.05) is 32.2 Å². The van der Waals surface area contributed by atoms with Gasteiger partial charge in [0.15, 0.2) is 18.1 Å². The van der Waals surface area contributed by atoms with Crippen molar-refractivity contribution < 1.29 is 28.6 Å². The number of halogens is 2. The molecule has 186 valence electrons. The first-order valence-electron chi connectivity index (χ1n) is 10.6. The number of rotatable bonds is 9. The van der Waals surface area contributed by atoms with Gasteiger partial charge in [0, 0.05) is 13.2 Å². The molecule has 3 N–H and O–H groups in total. The number of benzene rings is 2. The zero-order valence-electron chi connectivity index (χ0n) is 18.8. The molecular weight excluding hydrogens is 499 g/mol. The van der Waals surface area contributed by atoms with Gasteiger partial charge in [-0.25, -0.2) is 5.43 Å². The number of hydrogen-bond acceptors (Lipinski definition) is 7. The summed E-state index contributed by atoms with van der Waals surface area (Å²) in [6.45, 7) is 0.637. The smallest absolute Gasteiger partial charge is 0.329 e. The van der Waals surface area contributed by atoms with Gasteiger partial charge in [-0.2, -0.15) is 5.10 Å². The summed E-state index contributed by atoms with van der Waals surface area (Å²) < 4.78 is 16.2. The Morgan fingerprint density at radius 1 is 1.17 bits per heavy atom. The highest BCUT2D eigenvalue weighted by Crippen LogP contribution is 2.30. The van der Waals surface area contributed by atoms with Crippen LogP contribution in [0.25, 0.3) is 0 Å². The van der Waals surface area contributed by atoms with Crippen molar-refractivity contribution >= 4 is 52.8 Å². The molecule has 2 aromatic rings. The van der Waals surface area contributed by atoms with Crippen molar-refractivity contribution in [1.29, 1.82) is 0 Å². The summed E-state index contributed by atoms with van der Waals surface area (Å²) >= 11 is 12.0. The van der Waals surface area contributed by atoms with Gasteiger partial charge in [-0.1, -0.05) is 29.3 Å². The maximum Gasteiger partial charge on any atom is 0.329 e. The van der Waals surface area contributed by atoms with Gasteiger partial charge in [0.1, 0.15) is 0 Å². The molecule has 1 atom stereocenters. The minimum Gasteiger partial charge on any atom is -0.493 e. The molecule has 0 radical (unpaired) electrons. The lowest BCUT2D eigenvalue weighted by Crippen LogP contribution is -2.41. The van der Waals surface area contributed by atoms with Crippen molar-refractivity contribution in [1.82, 2.24) is 10.7 Å². The lowest BCUT2D eigenvalue weighted by atomic mass is 10.2. The molecule has 0 bridgehead atoms. The van der Waals surface area contributed by atoms with E-state index in [0.29, 0.717) is 34.4 Å². The van der Waals surface area contributed by atoms with Crippen LogP contribution in [0.5, 0.6) is 11.5 Å². The van der Waals surface area contributed by atoms with Crippen LogP contribution in [-0.4, -0.2) is 56.9 Å². The fourth-order valence-corrected chi connectivity index (χ4v) is 3.47. The number of hydrogen-bond donors (Lipinski definition) is 3. The molecule has 12 heteroatoms. The molecule has 1 aliphatic rings. The minimum atomic E-state index is -0.892. The molecule has 3 rings (SSSR count). The number of methoxy groups -OCH3 is 1. The number of anilines is 1. The van der Waals surface area contributed by atoms with Crippen molar-refractivity contribution in [3.05, 3.63) is 52.0 Å². The third-order valence-electron chi connectivity index (χ3n) is 4.87. The highest BCUT2D eigenvalue weighted by Gasteiger charge is 2.19. The SMILES string of the molecule is COc1cc(/C=N\NC(=O)C(=O)NC[C@H]2CCCO2)ccc1OCC(=O)Nc1cccc(Cl)c1Cl. The summed E-state index contributed by atoms with van der Waals surface area (Å²) in [6, 6.07) is 9.70. The van der Waals surface area contributed by atoms with E-state index in [9.17, 15) is 14.4 Å². The van der Waals surface area contributed by atoms with Crippen LogP contribution in [0, 0.1) is 0 Å². The number of ether oxygens (including phenoxy) is 3. The predicted molar refractivity (Wildman–Crippen MR) is 131 cm³/mol. The van der Waals surface area contributed by atoms with E-state index in [2.05, 4.69) is 21.2 Å². The van der Waals surface area contributed by atoms with Gasteiger partial charge in [0.25, 0.3) is 5.91 Å². The molecule has 0 aromatic heterocycles. The first-order valence-corrected chi connectivity index (χ1v) is 11.4. The second-order valence-corrected chi connectivity index (χ2v) is 8.18. The van der Waals surface area contributed by atoms with E-state index in [4.69, 9.17) is 37.4 Å². The predicted octanol–water partition coefficient (Wildman–Crippen LogP) is 2.76. The number of amides is 3. The average Bonchev–Trinajstić information content (AvgIpc) is 3.38. The molecular formula is C23H24Cl2N4O6. The van der Waals surface area contributed by atoms with E-state index in [1.54, 1.807) is 36.4 Å². The molecule has 0 saturated carbocycles. The van der Waals surface area contributed by atoms with Crippen LogP contribution in [0.4, 0.5) is 5.69 Å². The topological polar surface area (TPSA) is 127 Å². The van der Waals surface area contributed by atoms with Gasteiger partial charge in [-0.15, -0.1) is 0 Å². The van der Waals surface area contributed by atoms with Crippen LogP contribution in [0.2, 0.25) is 10.0 Å². The van der Waals surface area contributed by atoms with E-state index < -0.39 is 17.7 Å². The Hall–Kier alpha value is -3.34. The lowest BCUT2D eigenvalue weighted by Gasteiger charge is -2.12. The van der Waals surface area contributed by atoms with Gasteiger partial charge in [-0.3, -0.25) is 14.4 Å². The van der Waals surface area contributed by atoms with Crippen molar-refractivity contribution in [3.63, 3.8) is 0 Å². The summed E-state index contributed by atoms with van der Waals surface area (Å²) in [4.78, 5) is 35.9. The third-order valence-corrected chi connectivity index (χ3v) is 5.69. The molecule has 1 aliphatic heterocycles. The van der Waals surface area contributed by atoms with Gasteiger partial charge in [-0.05, 0) is 48.7 Å². The van der Waals surface area contributed by atoms with Crippen molar-refractivity contribution in [3.8, 4) is 11.5 Å². The molecule has 3 amide bonds. The highest BCUT2D eigenvalue weighted by atomic mass is 35.5. The minimum absolute atomic E-state index is 0.0656. The fourth-order valence-electron chi connectivity index (χ4n) is 3.12. The molecule has 1 heterocycles. The lowest BCUT2D eigenvalue weighted by molar-refractivity contribution is -0.139. The van der Waals surface area contributed by atoms with Gasteiger partial charge < -0.3 is 24.8 Å². The van der Waals surface area contributed by atoms with Gasteiger partial charge in [0.2, 0.25) is 0 Å². The van der Waals surface area contributed by atoms with E-state index in [1.807, 2.05) is 0 Å². The monoisotopic (exact) mass is 522 g/mol. The maximum absolute atomic E-state index is 12.2. The quantitative estimate of drug-likeness (QED) is 0.264. The highest BCUT2D eigenvalue weighted by molar-refractivity contribution is 6.44. The summed E-state index contributed by atoms with van der Waals surface area (Å²) in [5.74, 6) is -1.48. The second kappa shape index (κ2) is 12.9. The van der Waals surface area contributed by atoms with Gasteiger partial charge >= 0.3 is 11.8 Å². The molecule has 2 aromatic carbocycles. The summed E-state index contributed by atoms with van der Waals surface area (Å²) in [5, 5.41) is 9.47. The molecule has 35 heavy (non-hydrogen) atoms. The summed E-state index contributed by atoms with van der Waals surface area (Å²) in [6.07, 6.45) is 3.06.